The Labute approximate surface area is 71.9 Å². The lowest BCUT2D eigenvalue weighted by Crippen LogP contribution is -2.46. The zero-order valence-corrected chi connectivity index (χ0v) is 7.08. The van der Waals surface area contributed by atoms with Crippen molar-refractivity contribution in [2.75, 3.05) is 26.2 Å². The molecule has 0 aliphatic carbocycles. The number of rotatable bonds is 1. The maximum Gasteiger partial charge on any atom is 0.410 e. The van der Waals surface area contributed by atoms with Crippen molar-refractivity contribution in [2.45, 2.75) is 18.9 Å². The summed E-state index contributed by atoms with van der Waals surface area (Å²) in [6, 6.07) is 0.369. The van der Waals surface area contributed by atoms with Crippen molar-refractivity contribution >= 4 is 6.09 Å². The number of cyclic esters (lactones) is 1. The number of nitrogens with one attached hydrogen (secondary N) is 1. The minimum atomic E-state index is -0.135. The normalized spacial score (nSPS) is 30.5. The standard InChI is InChI=1S/C8H14N2O2/c11-8-10(4-5-12-8)7-2-1-3-9-6-7/h7,9H,1-6H2/t7-/m0/s1. The molecule has 0 saturated carbocycles. The minimum absolute atomic E-state index is 0.135. The van der Waals surface area contributed by atoms with Gasteiger partial charge in [-0.1, -0.05) is 0 Å². The molecule has 0 aromatic heterocycles. The number of amides is 1. The van der Waals surface area contributed by atoms with Crippen LogP contribution in [0.4, 0.5) is 4.79 Å². The number of piperidine rings is 1. The van der Waals surface area contributed by atoms with Gasteiger partial charge in [0.15, 0.2) is 0 Å². The third-order valence-corrected chi connectivity index (χ3v) is 2.50. The predicted octanol–water partition coefficient (Wildman–Crippen LogP) is 0.191. The molecule has 2 fully saturated rings. The molecule has 0 aromatic rings. The summed E-state index contributed by atoms with van der Waals surface area (Å²) in [6.07, 6.45) is 2.14. The van der Waals surface area contributed by atoms with Crippen LogP contribution in [-0.2, 0) is 4.74 Å². The molecule has 68 valence electrons. The Hall–Kier alpha value is -0.770. The quantitative estimate of drug-likeness (QED) is 0.611. The molecule has 12 heavy (non-hydrogen) atoms. The van der Waals surface area contributed by atoms with Crippen molar-refractivity contribution in [1.29, 1.82) is 0 Å². The van der Waals surface area contributed by atoms with Crippen LogP contribution < -0.4 is 5.32 Å². The van der Waals surface area contributed by atoms with Crippen LogP contribution in [0.15, 0.2) is 0 Å². The van der Waals surface area contributed by atoms with Gasteiger partial charge < -0.3 is 15.0 Å². The van der Waals surface area contributed by atoms with E-state index in [2.05, 4.69) is 5.32 Å². The fraction of sp³-hybridized carbons (Fsp3) is 0.875. The van der Waals surface area contributed by atoms with E-state index in [0.717, 1.165) is 32.5 Å². The first-order valence-electron chi connectivity index (χ1n) is 4.52. The lowest BCUT2D eigenvalue weighted by molar-refractivity contribution is 0.141. The molecule has 1 amide bonds. The molecule has 2 aliphatic heterocycles. The highest BCUT2D eigenvalue weighted by atomic mass is 16.6. The van der Waals surface area contributed by atoms with Crippen molar-refractivity contribution < 1.29 is 9.53 Å². The lowest BCUT2D eigenvalue weighted by atomic mass is 10.1. The third kappa shape index (κ3) is 1.39. The summed E-state index contributed by atoms with van der Waals surface area (Å²) in [4.78, 5) is 13.0. The molecular formula is C8H14N2O2. The molecule has 2 heterocycles. The van der Waals surface area contributed by atoms with Crippen molar-refractivity contribution in [3.63, 3.8) is 0 Å². The van der Waals surface area contributed by atoms with E-state index in [1.54, 1.807) is 0 Å². The van der Waals surface area contributed by atoms with E-state index < -0.39 is 0 Å². The molecule has 2 aliphatic rings. The second kappa shape index (κ2) is 3.31. The average Bonchev–Trinajstić information content (AvgIpc) is 2.53. The van der Waals surface area contributed by atoms with Crippen molar-refractivity contribution in [1.82, 2.24) is 10.2 Å². The third-order valence-electron chi connectivity index (χ3n) is 2.50. The van der Waals surface area contributed by atoms with E-state index in [0.29, 0.717) is 12.6 Å². The Morgan fingerprint density at radius 1 is 1.58 bits per heavy atom. The lowest BCUT2D eigenvalue weighted by Gasteiger charge is -2.29. The monoisotopic (exact) mass is 170 g/mol. The molecule has 2 rings (SSSR count). The summed E-state index contributed by atoms with van der Waals surface area (Å²) in [5.74, 6) is 0. The van der Waals surface area contributed by atoms with Crippen LogP contribution in [0.5, 0.6) is 0 Å². The largest absolute Gasteiger partial charge is 0.448 e. The van der Waals surface area contributed by atoms with Gasteiger partial charge in [0.2, 0.25) is 0 Å². The molecule has 1 N–H and O–H groups in total. The van der Waals surface area contributed by atoms with Crippen LogP contribution in [0.3, 0.4) is 0 Å². The highest BCUT2D eigenvalue weighted by Crippen LogP contribution is 2.14. The van der Waals surface area contributed by atoms with Crippen molar-refractivity contribution in [3.05, 3.63) is 0 Å². The van der Waals surface area contributed by atoms with Gasteiger partial charge in [-0.15, -0.1) is 0 Å². The van der Waals surface area contributed by atoms with Crippen LogP contribution in [0.25, 0.3) is 0 Å². The zero-order chi connectivity index (χ0) is 8.39. The van der Waals surface area contributed by atoms with Gasteiger partial charge in [-0.3, -0.25) is 0 Å². The number of carbonyl (C=O) groups is 1. The Morgan fingerprint density at radius 2 is 2.50 bits per heavy atom. The second-order valence-electron chi connectivity index (χ2n) is 3.31. The van der Waals surface area contributed by atoms with Crippen LogP contribution in [0, 0.1) is 0 Å². The van der Waals surface area contributed by atoms with Gasteiger partial charge in [0.1, 0.15) is 6.61 Å². The Morgan fingerprint density at radius 3 is 3.08 bits per heavy atom. The number of hydrogen-bond donors (Lipinski definition) is 1. The highest BCUT2D eigenvalue weighted by Gasteiger charge is 2.30. The summed E-state index contributed by atoms with van der Waals surface area (Å²) >= 11 is 0. The van der Waals surface area contributed by atoms with Gasteiger partial charge in [0.05, 0.1) is 6.54 Å². The number of carbonyl (C=O) groups excluding carboxylic acids is 1. The Kier molecular flexibility index (Phi) is 2.17. The van der Waals surface area contributed by atoms with Crippen LogP contribution in [0.2, 0.25) is 0 Å². The maximum absolute atomic E-state index is 11.1. The van der Waals surface area contributed by atoms with Crippen molar-refractivity contribution in [2.24, 2.45) is 0 Å². The number of nitrogens with zero attached hydrogens (tertiary/aromatic N) is 1. The first-order chi connectivity index (χ1) is 5.88. The molecule has 4 nitrogen and oxygen atoms in total. The molecule has 4 heteroatoms. The predicted molar refractivity (Wildman–Crippen MR) is 43.9 cm³/mol. The highest BCUT2D eigenvalue weighted by molar-refractivity contribution is 5.69. The molecule has 0 bridgehead atoms. The molecule has 2 saturated heterocycles. The molecule has 0 spiro atoms. The fourth-order valence-corrected chi connectivity index (χ4v) is 1.84. The number of ether oxygens (including phenoxy) is 1. The van der Waals surface area contributed by atoms with E-state index in [1.165, 1.54) is 0 Å². The molecular weight excluding hydrogens is 156 g/mol. The summed E-state index contributed by atoms with van der Waals surface area (Å²) in [6.45, 7) is 3.34. The van der Waals surface area contributed by atoms with Gasteiger partial charge in [-0.2, -0.15) is 0 Å². The molecule has 0 aromatic carbocycles. The minimum Gasteiger partial charge on any atom is -0.448 e. The molecule has 1 atom stereocenters. The van der Waals surface area contributed by atoms with Crippen molar-refractivity contribution in [3.8, 4) is 0 Å². The Bertz CT molecular complexity index is 178. The fourth-order valence-electron chi connectivity index (χ4n) is 1.84. The summed E-state index contributed by atoms with van der Waals surface area (Å²) in [7, 11) is 0. The van der Waals surface area contributed by atoms with Gasteiger partial charge in [-0.05, 0) is 19.4 Å². The number of hydrogen-bond acceptors (Lipinski definition) is 3. The first-order valence-corrected chi connectivity index (χ1v) is 4.52. The summed E-state index contributed by atoms with van der Waals surface area (Å²) in [5, 5.41) is 3.28. The maximum atomic E-state index is 11.1. The van der Waals surface area contributed by atoms with E-state index in [4.69, 9.17) is 4.74 Å². The van der Waals surface area contributed by atoms with Gasteiger partial charge in [0.25, 0.3) is 0 Å². The van der Waals surface area contributed by atoms with E-state index in [9.17, 15) is 4.79 Å². The van der Waals surface area contributed by atoms with E-state index >= 15 is 0 Å². The zero-order valence-electron chi connectivity index (χ0n) is 7.08. The van der Waals surface area contributed by atoms with Crippen LogP contribution in [-0.4, -0.2) is 43.3 Å². The molecule has 0 unspecified atom stereocenters. The first kappa shape index (κ1) is 7.86. The summed E-state index contributed by atoms with van der Waals surface area (Å²) < 4.78 is 4.88. The van der Waals surface area contributed by atoms with Crippen LogP contribution in [0.1, 0.15) is 12.8 Å². The molecule has 0 radical (unpaired) electrons. The topological polar surface area (TPSA) is 41.6 Å². The smallest absolute Gasteiger partial charge is 0.410 e. The van der Waals surface area contributed by atoms with Crippen LogP contribution >= 0.6 is 0 Å². The van der Waals surface area contributed by atoms with Gasteiger partial charge in [0, 0.05) is 12.6 Å². The average molecular weight is 170 g/mol. The Balaban J connectivity index is 1.93. The summed E-state index contributed by atoms with van der Waals surface area (Å²) in [5.41, 5.74) is 0. The van der Waals surface area contributed by atoms with E-state index in [1.807, 2.05) is 4.90 Å². The second-order valence-corrected chi connectivity index (χ2v) is 3.31. The van der Waals surface area contributed by atoms with Gasteiger partial charge >= 0.3 is 6.09 Å². The SMILES string of the molecule is O=C1OCCN1[C@H]1CCCNC1. The van der Waals surface area contributed by atoms with E-state index in [-0.39, 0.29) is 6.09 Å². The van der Waals surface area contributed by atoms with Gasteiger partial charge in [-0.25, -0.2) is 4.79 Å².